The Balaban J connectivity index is 0.00000169. The van der Waals surface area contributed by atoms with Gasteiger partial charge in [0.05, 0.1) is 0 Å². The highest BCUT2D eigenvalue weighted by Gasteiger charge is 2.42. The SMILES string of the molecule is Cl.NC1C2CCCC1CC(C(=O)N(CC1CC1)c1ccccc1)C2. The number of nitrogens with zero attached hydrogens (tertiary/aromatic N) is 1. The molecule has 3 aliphatic rings. The summed E-state index contributed by atoms with van der Waals surface area (Å²) in [5.41, 5.74) is 7.47. The van der Waals surface area contributed by atoms with E-state index in [-0.39, 0.29) is 18.3 Å². The minimum absolute atomic E-state index is 0. The van der Waals surface area contributed by atoms with Crippen LogP contribution in [0.2, 0.25) is 0 Å². The van der Waals surface area contributed by atoms with Gasteiger partial charge in [-0.1, -0.05) is 24.6 Å². The Bertz CT molecular complexity index is 546. The van der Waals surface area contributed by atoms with E-state index >= 15 is 0 Å². The molecular weight excluding hydrogens is 320 g/mol. The number of carbonyl (C=O) groups excluding carboxylic acids is 1. The van der Waals surface area contributed by atoms with E-state index in [4.69, 9.17) is 5.73 Å². The first kappa shape index (κ1) is 17.8. The molecule has 1 aromatic carbocycles. The third-order valence-electron chi connectivity index (χ3n) is 6.23. The number of rotatable bonds is 4. The van der Waals surface area contributed by atoms with E-state index in [1.807, 2.05) is 18.2 Å². The van der Waals surface area contributed by atoms with Crippen LogP contribution in [0, 0.1) is 23.7 Å². The maximum Gasteiger partial charge on any atom is 0.230 e. The van der Waals surface area contributed by atoms with E-state index < -0.39 is 0 Å². The van der Waals surface area contributed by atoms with Crippen molar-refractivity contribution < 1.29 is 4.79 Å². The number of benzene rings is 1. The van der Waals surface area contributed by atoms with Crippen LogP contribution in [0.4, 0.5) is 5.69 Å². The minimum atomic E-state index is 0. The van der Waals surface area contributed by atoms with Crippen LogP contribution in [0.15, 0.2) is 30.3 Å². The van der Waals surface area contributed by atoms with Gasteiger partial charge in [0.1, 0.15) is 0 Å². The first-order valence-electron chi connectivity index (χ1n) is 9.34. The average molecular weight is 349 g/mol. The van der Waals surface area contributed by atoms with Gasteiger partial charge in [-0.15, -0.1) is 12.4 Å². The Kier molecular flexibility index (Phi) is 5.51. The van der Waals surface area contributed by atoms with Gasteiger partial charge >= 0.3 is 0 Å². The van der Waals surface area contributed by atoms with Crippen molar-refractivity contribution in [3.05, 3.63) is 30.3 Å². The fourth-order valence-electron chi connectivity index (χ4n) is 4.70. The summed E-state index contributed by atoms with van der Waals surface area (Å²) >= 11 is 0. The Morgan fingerprint density at radius 3 is 2.25 bits per heavy atom. The number of carbonyl (C=O) groups is 1. The first-order valence-corrected chi connectivity index (χ1v) is 9.34. The summed E-state index contributed by atoms with van der Waals surface area (Å²) < 4.78 is 0. The molecule has 3 saturated carbocycles. The molecule has 2 N–H and O–H groups in total. The largest absolute Gasteiger partial charge is 0.327 e. The van der Waals surface area contributed by atoms with Crippen LogP contribution in [0.3, 0.4) is 0 Å². The number of hydrogen-bond acceptors (Lipinski definition) is 2. The van der Waals surface area contributed by atoms with Crippen molar-refractivity contribution >= 4 is 24.0 Å². The summed E-state index contributed by atoms with van der Waals surface area (Å²) in [5, 5.41) is 0. The number of amides is 1. The summed E-state index contributed by atoms with van der Waals surface area (Å²) in [4.78, 5) is 15.4. The molecular formula is C20H29ClN2O. The number of nitrogens with two attached hydrogens (primary N) is 1. The quantitative estimate of drug-likeness (QED) is 0.893. The summed E-state index contributed by atoms with van der Waals surface area (Å²) in [6.45, 7) is 0.904. The standard InChI is InChI=1S/C20H28N2O.ClH/c21-19-15-5-4-6-16(19)12-17(11-15)20(23)22(13-14-9-10-14)18-7-2-1-3-8-18;/h1-3,7-8,14-17,19H,4-6,9-13,21H2;1H. The van der Waals surface area contributed by atoms with Crippen molar-refractivity contribution in [3.8, 4) is 0 Å². The van der Waals surface area contributed by atoms with Crippen LogP contribution in [-0.4, -0.2) is 18.5 Å². The van der Waals surface area contributed by atoms with Gasteiger partial charge in [-0.25, -0.2) is 0 Å². The Morgan fingerprint density at radius 2 is 1.67 bits per heavy atom. The molecule has 132 valence electrons. The molecule has 2 bridgehead atoms. The van der Waals surface area contributed by atoms with Crippen molar-refractivity contribution in [3.63, 3.8) is 0 Å². The van der Waals surface area contributed by atoms with E-state index in [1.54, 1.807) is 0 Å². The van der Waals surface area contributed by atoms with Crippen LogP contribution in [0.5, 0.6) is 0 Å². The van der Waals surface area contributed by atoms with Gasteiger partial charge in [0, 0.05) is 24.2 Å². The van der Waals surface area contributed by atoms with Crippen LogP contribution < -0.4 is 10.6 Å². The average Bonchev–Trinajstić information content (AvgIpc) is 3.37. The lowest BCUT2D eigenvalue weighted by atomic mass is 9.65. The third-order valence-corrected chi connectivity index (χ3v) is 6.23. The summed E-state index contributed by atoms with van der Waals surface area (Å²) in [6.07, 6.45) is 8.29. The van der Waals surface area contributed by atoms with Gasteiger partial charge in [-0.2, -0.15) is 0 Å². The minimum Gasteiger partial charge on any atom is -0.327 e. The molecule has 0 saturated heterocycles. The van der Waals surface area contributed by atoms with Crippen molar-refractivity contribution in [1.29, 1.82) is 0 Å². The lowest BCUT2D eigenvalue weighted by Gasteiger charge is -2.44. The van der Waals surface area contributed by atoms with Gasteiger partial charge in [0.2, 0.25) is 5.91 Å². The summed E-state index contributed by atoms with van der Waals surface area (Å²) in [5.74, 6) is 2.38. The topological polar surface area (TPSA) is 46.3 Å². The van der Waals surface area contributed by atoms with E-state index in [0.29, 0.717) is 29.7 Å². The van der Waals surface area contributed by atoms with Gasteiger partial charge in [-0.05, 0) is 68.4 Å². The number of halogens is 1. The molecule has 1 aromatic rings. The molecule has 24 heavy (non-hydrogen) atoms. The molecule has 3 nitrogen and oxygen atoms in total. The highest BCUT2D eigenvalue weighted by Crippen LogP contribution is 2.43. The number of fused-ring (bicyclic) bond motifs is 2. The van der Waals surface area contributed by atoms with Gasteiger partial charge in [0.25, 0.3) is 0 Å². The smallest absolute Gasteiger partial charge is 0.230 e. The molecule has 0 spiro atoms. The first-order chi connectivity index (χ1) is 11.2. The van der Waals surface area contributed by atoms with Gasteiger partial charge in [0.15, 0.2) is 0 Å². The number of para-hydroxylation sites is 1. The van der Waals surface area contributed by atoms with E-state index in [0.717, 1.165) is 25.1 Å². The number of anilines is 1. The van der Waals surface area contributed by atoms with Gasteiger partial charge in [-0.3, -0.25) is 4.79 Å². The van der Waals surface area contributed by atoms with Crippen LogP contribution >= 0.6 is 12.4 Å². The summed E-state index contributed by atoms with van der Waals surface area (Å²) in [6, 6.07) is 10.6. The zero-order valence-corrected chi connectivity index (χ0v) is 15.1. The predicted molar refractivity (Wildman–Crippen MR) is 100 cm³/mol. The summed E-state index contributed by atoms with van der Waals surface area (Å²) in [7, 11) is 0. The van der Waals surface area contributed by atoms with E-state index in [9.17, 15) is 4.79 Å². The molecule has 0 aromatic heterocycles. The molecule has 3 fully saturated rings. The molecule has 0 aliphatic heterocycles. The maximum atomic E-state index is 13.3. The molecule has 3 aliphatic carbocycles. The second-order valence-corrected chi connectivity index (χ2v) is 7.92. The maximum absolute atomic E-state index is 13.3. The fraction of sp³-hybridized carbons (Fsp3) is 0.650. The van der Waals surface area contributed by atoms with E-state index in [2.05, 4.69) is 17.0 Å². The second kappa shape index (κ2) is 7.45. The fourth-order valence-corrected chi connectivity index (χ4v) is 4.70. The molecule has 4 heteroatoms. The molecule has 2 atom stereocenters. The van der Waals surface area contributed by atoms with E-state index in [1.165, 1.54) is 32.1 Å². The number of hydrogen-bond donors (Lipinski definition) is 1. The van der Waals surface area contributed by atoms with Crippen LogP contribution in [0.25, 0.3) is 0 Å². The Labute approximate surface area is 151 Å². The normalized spacial score (nSPS) is 31.9. The molecule has 0 heterocycles. The van der Waals surface area contributed by atoms with Crippen LogP contribution in [-0.2, 0) is 4.79 Å². The zero-order chi connectivity index (χ0) is 15.8. The lowest BCUT2D eigenvalue weighted by molar-refractivity contribution is -0.125. The lowest BCUT2D eigenvalue weighted by Crippen LogP contribution is -2.50. The molecule has 1 amide bonds. The van der Waals surface area contributed by atoms with Crippen molar-refractivity contribution in [2.24, 2.45) is 29.4 Å². The Hall–Kier alpha value is -1.06. The van der Waals surface area contributed by atoms with Crippen molar-refractivity contribution in [1.82, 2.24) is 0 Å². The highest BCUT2D eigenvalue weighted by atomic mass is 35.5. The van der Waals surface area contributed by atoms with Crippen LogP contribution in [0.1, 0.15) is 44.9 Å². The predicted octanol–water partition coefficient (Wildman–Crippen LogP) is 4.01. The molecule has 2 unspecified atom stereocenters. The third kappa shape index (κ3) is 3.62. The molecule has 0 radical (unpaired) electrons. The Morgan fingerprint density at radius 1 is 1.04 bits per heavy atom. The highest BCUT2D eigenvalue weighted by molar-refractivity contribution is 5.95. The van der Waals surface area contributed by atoms with Crippen molar-refractivity contribution in [2.75, 3.05) is 11.4 Å². The van der Waals surface area contributed by atoms with Gasteiger partial charge < -0.3 is 10.6 Å². The molecule has 4 rings (SSSR count). The monoisotopic (exact) mass is 348 g/mol. The zero-order valence-electron chi connectivity index (χ0n) is 14.3. The van der Waals surface area contributed by atoms with Crippen molar-refractivity contribution in [2.45, 2.75) is 51.0 Å². The second-order valence-electron chi connectivity index (χ2n) is 7.92.